The van der Waals surface area contributed by atoms with Crippen molar-refractivity contribution < 1.29 is 9.59 Å². The van der Waals surface area contributed by atoms with Crippen LogP contribution >= 0.6 is 0 Å². The van der Waals surface area contributed by atoms with Gasteiger partial charge in [-0.3, -0.25) is 9.59 Å². The molecule has 122 valence electrons. The molecule has 1 heterocycles. The molecule has 1 aliphatic rings. The summed E-state index contributed by atoms with van der Waals surface area (Å²) in [4.78, 5) is 27.5. The number of piperazine rings is 1. The molecule has 0 aliphatic carbocycles. The molecule has 1 unspecified atom stereocenters. The zero-order valence-corrected chi connectivity index (χ0v) is 14.4. The van der Waals surface area contributed by atoms with Crippen LogP contribution in [-0.4, -0.2) is 34.8 Å². The SMILES string of the molecule is CCCC1NC(=O)C(CC)(CC)N(CC(CC)CC)C1=O. The second-order valence-electron chi connectivity index (χ2n) is 6.18. The molecule has 4 nitrogen and oxygen atoms in total. The molecule has 1 saturated heterocycles. The van der Waals surface area contributed by atoms with E-state index in [2.05, 4.69) is 19.2 Å². The van der Waals surface area contributed by atoms with Crippen LogP contribution in [-0.2, 0) is 9.59 Å². The number of amides is 2. The Kier molecular flexibility index (Phi) is 6.69. The predicted molar refractivity (Wildman–Crippen MR) is 85.9 cm³/mol. The van der Waals surface area contributed by atoms with Gasteiger partial charge in [-0.15, -0.1) is 0 Å². The highest BCUT2D eigenvalue weighted by Gasteiger charge is 2.50. The van der Waals surface area contributed by atoms with Crippen LogP contribution in [0, 0.1) is 5.92 Å². The van der Waals surface area contributed by atoms with Gasteiger partial charge >= 0.3 is 0 Å². The van der Waals surface area contributed by atoms with Gasteiger partial charge in [-0.1, -0.05) is 53.9 Å². The standard InChI is InChI=1S/C17H32N2O2/c1-6-11-14-15(20)19(12-13(7-2)8-3)17(9-4,10-5)16(21)18-14/h13-14H,6-12H2,1-5H3,(H,18,21). The fourth-order valence-corrected chi connectivity index (χ4v) is 3.38. The molecule has 1 rings (SSSR count). The van der Waals surface area contributed by atoms with Crippen LogP contribution in [0.4, 0.5) is 0 Å². The lowest BCUT2D eigenvalue weighted by atomic mass is 9.84. The van der Waals surface area contributed by atoms with E-state index in [4.69, 9.17) is 0 Å². The number of rotatable bonds is 8. The zero-order chi connectivity index (χ0) is 16.0. The lowest BCUT2D eigenvalue weighted by Gasteiger charge is -2.48. The number of hydrogen-bond donors (Lipinski definition) is 1. The van der Waals surface area contributed by atoms with Gasteiger partial charge < -0.3 is 10.2 Å². The molecule has 1 fully saturated rings. The Balaban J connectivity index is 3.11. The summed E-state index contributed by atoms with van der Waals surface area (Å²) < 4.78 is 0. The molecule has 1 aliphatic heterocycles. The Labute approximate surface area is 129 Å². The molecule has 0 bridgehead atoms. The van der Waals surface area contributed by atoms with Crippen LogP contribution < -0.4 is 5.32 Å². The highest BCUT2D eigenvalue weighted by atomic mass is 16.2. The molecule has 4 heteroatoms. The maximum absolute atomic E-state index is 12.9. The predicted octanol–water partition coefficient (Wildman–Crippen LogP) is 3.11. The van der Waals surface area contributed by atoms with E-state index in [0.717, 1.165) is 25.7 Å². The Bertz CT molecular complexity index is 360. The first-order valence-corrected chi connectivity index (χ1v) is 8.62. The minimum absolute atomic E-state index is 0.0384. The molecule has 0 spiro atoms. The van der Waals surface area contributed by atoms with Gasteiger partial charge in [-0.25, -0.2) is 0 Å². The van der Waals surface area contributed by atoms with Crippen molar-refractivity contribution >= 4 is 11.8 Å². The Hall–Kier alpha value is -1.06. The Morgan fingerprint density at radius 1 is 1.10 bits per heavy atom. The molecule has 0 aromatic carbocycles. The van der Waals surface area contributed by atoms with E-state index in [1.54, 1.807) is 0 Å². The zero-order valence-electron chi connectivity index (χ0n) is 14.4. The molecular weight excluding hydrogens is 264 g/mol. The lowest BCUT2D eigenvalue weighted by molar-refractivity contribution is -0.159. The third-order valence-electron chi connectivity index (χ3n) is 5.15. The minimum atomic E-state index is -0.649. The summed E-state index contributed by atoms with van der Waals surface area (Å²) in [6.07, 6.45) is 5.09. The van der Waals surface area contributed by atoms with E-state index in [9.17, 15) is 9.59 Å². The van der Waals surface area contributed by atoms with E-state index in [1.165, 1.54) is 0 Å². The second kappa shape index (κ2) is 7.81. The minimum Gasteiger partial charge on any atom is -0.342 e. The fourth-order valence-electron chi connectivity index (χ4n) is 3.38. The smallest absolute Gasteiger partial charge is 0.246 e. The van der Waals surface area contributed by atoms with Gasteiger partial charge in [0.05, 0.1) is 0 Å². The maximum atomic E-state index is 12.9. The highest BCUT2D eigenvalue weighted by Crippen LogP contribution is 2.31. The van der Waals surface area contributed by atoms with Gasteiger partial charge in [0.1, 0.15) is 11.6 Å². The molecule has 21 heavy (non-hydrogen) atoms. The number of carbonyl (C=O) groups excluding carboxylic acids is 2. The van der Waals surface area contributed by atoms with Crippen LogP contribution in [0.15, 0.2) is 0 Å². The third-order valence-corrected chi connectivity index (χ3v) is 5.15. The van der Waals surface area contributed by atoms with Crippen LogP contribution in [0.25, 0.3) is 0 Å². The molecule has 0 radical (unpaired) electrons. The molecule has 0 aromatic rings. The molecular formula is C17H32N2O2. The summed E-state index contributed by atoms with van der Waals surface area (Å²) in [6, 6.07) is -0.330. The van der Waals surface area contributed by atoms with Crippen molar-refractivity contribution in [3.63, 3.8) is 0 Å². The lowest BCUT2D eigenvalue weighted by Crippen LogP contribution is -2.70. The summed E-state index contributed by atoms with van der Waals surface area (Å²) in [7, 11) is 0. The normalized spacial score (nSPS) is 21.8. The summed E-state index contributed by atoms with van der Waals surface area (Å²) in [5, 5.41) is 2.97. The van der Waals surface area contributed by atoms with Crippen molar-refractivity contribution in [2.45, 2.75) is 84.7 Å². The summed E-state index contributed by atoms with van der Waals surface area (Å²) in [5.41, 5.74) is -0.649. The maximum Gasteiger partial charge on any atom is 0.246 e. The summed E-state index contributed by atoms with van der Waals surface area (Å²) in [5.74, 6) is 0.628. The van der Waals surface area contributed by atoms with Crippen molar-refractivity contribution in [3.05, 3.63) is 0 Å². The fraction of sp³-hybridized carbons (Fsp3) is 0.882. The van der Waals surface area contributed by atoms with Crippen molar-refractivity contribution in [3.8, 4) is 0 Å². The van der Waals surface area contributed by atoms with E-state index in [1.807, 2.05) is 25.7 Å². The topological polar surface area (TPSA) is 49.4 Å². The van der Waals surface area contributed by atoms with Gasteiger partial charge in [0.2, 0.25) is 11.8 Å². The van der Waals surface area contributed by atoms with E-state index in [-0.39, 0.29) is 17.9 Å². The third kappa shape index (κ3) is 3.41. The average molecular weight is 296 g/mol. The van der Waals surface area contributed by atoms with Crippen molar-refractivity contribution in [1.82, 2.24) is 10.2 Å². The number of carbonyl (C=O) groups is 2. The van der Waals surface area contributed by atoms with E-state index < -0.39 is 5.54 Å². The Morgan fingerprint density at radius 3 is 2.10 bits per heavy atom. The molecule has 0 saturated carbocycles. The molecule has 1 N–H and O–H groups in total. The highest BCUT2D eigenvalue weighted by molar-refractivity contribution is 5.99. The van der Waals surface area contributed by atoms with Crippen LogP contribution in [0.5, 0.6) is 0 Å². The average Bonchev–Trinajstić information content (AvgIpc) is 2.50. The Morgan fingerprint density at radius 2 is 1.67 bits per heavy atom. The monoisotopic (exact) mass is 296 g/mol. The van der Waals surface area contributed by atoms with Crippen LogP contribution in [0.2, 0.25) is 0 Å². The number of nitrogens with one attached hydrogen (secondary N) is 1. The van der Waals surface area contributed by atoms with E-state index in [0.29, 0.717) is 25.3 Å². The van der Waals surface area contributed by atoms with Gasteiger partial charge in [0.15, 0.2) is 0 Å². The first-order valence-electron chi connectivity index (χ1n) is 8.62. The van der Waals surface area contributed by atoms with E-state index >= 15 is 0 Å². The molecule has 0 aromatic heterocycles. The van der Waals surface area contributed by atoms with Crippen LogP contribution in [0.3, 0.4) is 0 Å². The first-order chi connectivity index (χ1) is 10.00. The van der Waals surface area contributed by atoms with Gasteiger partial charge in [-0.2, -0.15) is 0 Å². The van der Waals surface area contributed by atoms with Gasteiger partial charge in [0, 0.05) is 6.54 Å². The summed E-state index contributed by atoms with van der Waals surface area (Å²) in [6.45, 7) is 11.1. The largest absolute Gasteiger partial charge is 0.342 e. The second-order valence-corrected chi connectivity index (χ2v) is 6.18. The summed E-state index contributed by atoms with van der Waals surface area (Å²) >= 11 is 0. The number of hydrogen-bond acceptors (Lipinski definition) is 2. The van der Waals surface area contributed by atoms with Crippen molar-refractivity contribution in [2.24, 2.45) is 5.92 Å². The van der Waals surface area contributed by atoms with Gasteiger partial charge in [0.25, 0.3) is 0 Å². The van der Waals surface area contributed by atoms with Gasteiger partial charge in [-0.05, 0) is 25.2 Å². The quantitative estimate of drug-likeness (QED) is 0.748. The molecule has 1 atom stereocenters. The van der Waals surface area contributed by atoms with Crippen molar-refractivity contribution in [2.75, 3.05) is 6.54 Å². The molecule has 2 amide bonds. The number of nitrogens with zero attached hydrogens (tertiary/aromatic N) is 1. The first kappa shape index (κ1) is 18.0. The van der Waals surface area contributed by atoms with Crippen LogP contribution in [0.1, 0.15) is 73.1 Å². The van der Waals surface area contributed by atoms with Crippen molar-refractivity contribution in [1.29, 1.82) is 0 Å².